The van der Waals surface area contributed by atoms with Crippen LogP contribution in [0.15, 0.2) is 34.9 Å². The summed E-state index contributed by atoms with van der Waals surface area (Å²) in [6.07, 6.45) is 2.59. The lowest BCUT2D eigenvalue weighted by Crippen LogP contribution is -2.31. The Morgan fingerprint density at radius 3 is 2.85 bits per heavy atom. The Bertz CT molecular complexity index is 769. The lowest BCUT2D eigenvalue weighted by molar-refractivity contribution is 0.0735. The van der Waals surface area contributed by atoms with Gasteiger partial charge in [-0.2, -0.15) is 5.26 Å². The number of nitriles is 1. The fourth-order valence-electron chi connectivity index (χ4n) is 2.40. The lowest BCUT2D eigenvalue weighted by atomic mass is 10.1. The molecule has 1 aromatic heterocycles. The minimum Gasteiger partial charge on any atom is -0.493 e. The molecule has 0 fully saturated rings. The molecule has 0 aliphatic rings. The molecule has 0 radical (unpaired) electrons. The van der Waals surface area contributed by atoms with Crippen LogP contribution in [0.1, 0.15) is 35.9 Å². The first kappa shape index (κ1) is 19.7. The van der Waals surface area contributed by atoms with Crippen LogP contribution in [0.25, 0.3) is 0 Å². The zero-order chi connectivity index (χ0) is 18.9. The number of halogens is 1. The number of nitrogens with zero attached hydrogens (tertiary/aromatic N) is 2. The molecule has 0 spiro atoms. The molecule has 1 amide bonds. The standard InChI is InChI=1S/C19H21ClN2O4/c1-3-9-26-18-16(20)11-14(12-17(18)24-2)19(23)22(8-5-7-21)13-15-6-4-10-25-15/h4,6,10-12H,3,5,8-9,13H2,1-2H3. The molecule has 26 heavy (non-hydrogen) atoms. The van der Waals surface area contributed by atoms with Crippen LogP contribution >= 0.6 is 11.6 Å². The van der Waals surface area contributed by atoms with Crippen molar-refractivity contribution in [2.75, 3.05) is 20.3 Å². The van der Waals surface area contributed by atoms with E-state index in [2.05, 4.69) is 6.07 Å². The fourth-order valence-corrected chi connectivity index (χ4v) is 2.66. The molecule has 7 heteroatoms. The molecule has 0 bridgehead atoms. The predicted molar refractivity (Wildman–Crippen MR) is 97.5 cm³/mol. The monoisotopic (exact) mass is 376 g/mol. The third kappa shape index (κ3) is 4.93. The first-order valence-electron chi connectivity index (χ1n) is 8.29. The summed E-state index contributed by atoms with van der Waals surface area (Å²) in [4.78, 5) is 14.5. The third-order valence-corrected chi connectivity index (χ3v) is 3.92. The van der Waals surface area contributed by atoms with Gasteiger partial charge in [-0.05, 0) is 30.7 Å². The predicted octanol–water partition coefficient (Wildman–Crippen LogP) is 4.29. The molecular formula is C19H21ClN2O4. The van der Waals surface area contributed by atoms with Crippen LogP contribution in [-0.2, 0) is 6.54 Å². The molecule has 2 rings (SSSR count). The van der Waals surface area contributed by atoms with Gasteiger partial charge in [0.05, 0.1) is 44.0 Å². The Morgan fingerprint density at radius 1 is 1.42 bits per heavy atom. The smallest absolute Gasteiger partial charge is 0.254 e. The maximum Gasteiger partial charge on any atom is 0.254 e. The number of carbonyl (C=O) groups excluding carboxylic acids is 1. The number of benzene rings is 1. The van der Waals surface area contributed by atoms with Crippen molar-refractivity contribution in [2.45, 2.75) is 26.3 Å². The second kappa shape index (κ2) is 9.73. The Morgan fingerprint density at radius 2 is 2.23 bits per heavy atom. The zero-order valence-corrected chi connectivity index (χ0v) is 15.6. The molecule has 1 aromatic carbocycles. The van der Waals surface area contributed by atoms with E-state index in [9.17, 15) is 4.79 Å². The molecule has 1 heterocycles. The average Bonchev–Trinajstić information content (AvgIpc) is 3.16. The van der Waals surface area contributed by atoms with E-state index in [4.69, 9.17) is 30.8 Å². The molecule has 0 atom stereocenters. The Labute approximate surface area is 157 Å². The fraction of sp³-hybridized carbons (Fsp3) is 0.368. The SMILES string of the molecule is CCCOc1c(Cl)cc(C(=O)N(CCC#N)Cc2ccco2)cc1OC. The van der Waals surface area contributed by atoms with E-state index in [1.165, 1.54) is 7.11 Å². The number of methoxy groups -OCH3 is 1. The highest BCUT2D eigenvalue weighted by atomic mass is 35.5. The highest BCUT2D eigenvalue weighted by Crippen LogP contribution is 2.37. The molecule has 0 unspecified atom stereocenters. The molecular weight excluding hydrogens is 356 g/mol. The molecule has 6 nitrogen and oxygen atoms in total. The van der Waals surface area contributed by atoms with Gasteiger partial charge in [0.1, 0.15) is 5.76 Å². The Hall–Kier alpha value is -2.65. The van der Waals surface area contributed by atoms with Crippen molar-refractivity contribution in [3.05, 3.63) is 46.9 Å². The largest absolute Gasteiger partial charge is 0.493 e. The van der Waals surface area contributed by atoms with E-state index >= 15 is 0 Å². The number of carbonyl (C=O) groups is 1. The van der Waals surface area contributed by atoms with Crippen molar-refractivity contribution in [2.24, 2.45) is 0 Å². The second-order valence-electron chi connectivity index (χ2n) is 5.55. The summed E-state index contributed by atoms with van der Waals surface area (Å²) in [5, 5.41) is 9.17. The Kier molecular flexibility index (Phi) is 7.37. The summed E-state index contributed by atoms with van der Waals surface area (Å²) in [7, 11) is 1.50. The highest BCUT2D eigenvalue weighted by molar-refractivity contribution is 6.32. The van der Waals surface area contributed by atoms with E-state index in [1.54, 1.807) is 35.4 Å². The quantitative estimate of drug-likeness (QED) is 0.652. The van der Waals surface area contributed by atoms with Crippen LogP contribution < -0.4 is 9.47 Å². The molecule has 138 valence electrons. The van der Waals surface area contributed by atoms with Gasteiger partial charge < -0.3 is 18.8 Å². The maximum atomic E-state index is 12.9. The van der Waals surface area contributed by atoms with Crippen LogP contribution in [0.2, 0.25) is 5.02 Å². The van der Waals surface area contributed by atoms with Crippen LogP contribution in [-0.4, -0.2) is 31.1 Å². The number of hydrogen-bond acceptors (Lipinski definition) is 5. The highest BCUT2D eigenvalue weighted by Gasteiger charge is 2.21. The summed E-state index contributed by atoms with van der Waals surface area (Å²) in [6.45, 7) is 3.03. The van der Waals surface area contributed by atoms with Gasteiger partial charge in [0.25, 0.3) is 5.91 Å². The van der Waals surface area contributed by atoms with Gasteiger partial charge in [0.15, 0.2) is 11.5 Å². The molecule has 2 aromatic rings. The molecule has 0 aliphatic carbocycles. The summed E-state index contributed by atoms with van der Waals surface area (Å²) in [6, 6.07) is 8.74. The van der Waals surface area contributed by atoms with Gasteiger partial charge in [-0.1, -0.05) is 18.5 Å². The van der Waals surface area contributed by atoms with E-state index < -0.39 is 0 Å². The molecule has 0 N–H and O–H groups in total. The van der Waals surface area contributed by atoms with Gasteiger partial charge in [0.2, 0.25) is 0 Å². The van der Waals surface area contributed by atoms with E-state index in [0.29, 0.717) is 34.5 Å². The summed E-state index contributed by atoms with van der Waals surface area (Å²) >= 11 is 6.30. The Balaban J connectivity index is 2.29. The van der Waals surface area contributed by atoms with Gasteiger partial charge in [-0.15, -0.1) is 0 Å². The van der Waals surface area contributed by atoms with Gasteiger partial charge >= 0.3 is 0 Å². The van der Waals surface area contributed by atoms with Crippen LogP contribution in [0.3, 0.4) is 0 Å². The van der Waals surface area contributed by atoms with Crippen LogP contribution in [0.5, 0.6) is 11.5 Å². The number of rotatable bonds is 9. The number of amides is 1. The van der Waals surface area contributed by atoms with Gasteiger partial charge in [-0.3, -0.25) is 4.79 Å². The average molecular weight is 377 g/mol. The van der Waals surface area contributed by atoms with Gasteiger partial charge in [-0.25, -0.2) is 0 Å². The minimum absolute atomic E-state index is 0.217. The number of furan rings is 1. The first-order chi connectivity index (χ1) is 12.6. The first-order valence-corrected chi connectivity index (χ1v) is 8.67. The van der Waals surface area contributed by atoms with E-state index in [-0.39, 0.29) is 25.4 Å². The maximum absolute atomic E-state index is 12.9. The summed E-state index contributed by atoms with van der Waals surface area (Å²) < 4.78 is 16.3. The summed E-state index contributed by atoms with van der Waals surface area (Å²) in [5.41, 5.74) is 0.361. The van der Waals surface area contributed by atoms with Crippen molar-refractivity contribution in [3.63, 3.8) is 0 Å². The lowest BCUT2D eigenvalue weighted by Gasteiger charge is -2.21. The third-order valence-electron chi connectivity index (χ3n) is 3.63. The topological polar surface area (TPSA) is 75.7 Å². The number of ether oxygens (including phenoxy) is 2. The van der Waals surface area contributed by atoms with Crippen LogP contribution in [0.4, 0.5) is 0 Å². The van der Waals surface area contributed by atoms with Crippen molar-refractivity contribution < 1.29 is 18.7 Å². The van der Waals surface area contributed by atoms with Crippen LogP contribution in [0, 0.1) is 11.3 Å². The van der Waals surface area contributed by atoms with Crippen molar-refractivity contribution in [1.29, 1.82) is 5.26 Å². The normalized spacial score (nSPS) is 10.2. The van der Waals surface area contributed by atoms with E-state index in [1.807, 2.05) is 6.92 Å². The minimum atomic E-state index is -0.265. The molecule has 0 saturated heterocycles. The van der Waals surface area contributed by atoms with Gasteiger partial charge in [0, 0.05) is 12.1 Å². The summed E-state index contributed by atoms with van der Waals surface area (Å²) in [5.74, 6) is 1.19. The zero-order valence-electron chi connectivity index (χ0n) is 14.8. The van der Waals surface area contributed by atoms with Crippen molar-refractivity contribution >= 4 is 17.5 Å². The second-order valence-corrected chi connectivity index (χ2v) is 5.96. The molecule has 0 saturated carbocycles. The van der Waals surface area contributed by atoms with E-state index in [0.717, 1.165) is 6.42 Å². The van der Waals surface area contributed by atoms with Crippen molar-refractivity contribution in [1.82, 2.24) is 4.90 Å². The van der Waals surface area contributed by atoms with Crippen molar-refractivity contribution in [3.8, 4) is 17.6 Å². The number of hydrogen-bond donors (Lipinski definition) is 0. The molecule has 0 aliphatic heterocycles.